The van der Waals surface area contributed by atoms with Crippen molar-refractivity contribution < 1.29 is 23.9 Å². The van der Waals surface area contributed by atoms with E-state index < -0.39 is 6.04 Å². The van der Waals surface area contributed by atoms with Crippen LogP contribution in [-0.2, 0) is 19.1 Å². The summed E-state index contributed by atoms with van der Waals surface area (Å²) in [6.45, 7) is 1.07. The number of rotatable bonds is 6. The van der Waals surface area contributed by atoms with E-state index in [-0.39, 0.29) is 36.2 Å². The molecule has 0 bridgehead atoms. The fourth-order valence-corrected chi connectivity index (χ4v) is 4.82. The van der Waals surface area contributed by atoms with E-state index in [1.54, 1.807) is 36.3 Å². The predicted octanol–water partition coefficient (Wildman–Crippen LogP) is 2.92. The molecule has 2 heterocycles. The molecule has 1 aromatic rings. The number of carbonyl (C=O) groups is 3. The average molecular weight is 415 g/mol. The van der Waals surface area contributed by atoms with Crippen molar-refractivity contribution in [2.45, 2.75) is 63.5 Å². The molecule has 2 unspecified atom stereocenters. The maximum absolute atomic E-state index is 13.4. The van der Waals surface area contributed by atoms with Gasteiger partial charge in [0.2, 0.25) is 11.8 Å². The number of imide groups is 1. The molecule has 3 fully saturated rings. The van der Waals surface area contributed by atoms with Gasteiger partial charge in [0.05, 0.1) is 25.3 Å². The van der Waals surface area contributed by atoms with Crippen LogP contribution < -0.4 is 9.64 Å². The van der Waals surface area contributed by atoms with Gasteiger partial charge in [0, 0.05) is 19.1 Å². The van der Waals surface area contributed by atoms with Crippen molar-refractivity contribution in [2.24, 2.45) is 5.92 Å². The average Bonchev–Trinajstić information content (AvgIpc) is 3.40. The number of anilines is 1. The molecule has 0 spiro atoms. The smallest absolute Gasteiger partial charge is 0.257 e. The second kappa shape index (κ2) is 9.16. The highest BCUT2D eigenvalue weighted by molar-refractivity contribution is 6.23. The van der Waals surface area contributed by atoms with Gasteiger partial charge in [-0.2, -0.15) is 0 Å². The van der Waals surface area contributed by atoms with E-state index in [2.05, 4.69) is 0 Å². The lowest BCUT2D eigenvalue weighted by Gasteiger charge is -2.34. The van der Waals surface area contributed by atoms with Crippen LogP contribution in [0, 0.1) is 5.92 Å². The summed E-state index contributed by atoms with van der Waals surface area (Å²) in [5.41, 5.74) is 0.510. The predicted molar refractivity (Wildman–Crippen MR) is 111 cm³/mol. The Morgan fingerprint density at radius 1 is 1.10 bits per heavy atom. The van der Waals surface area contributed by atoms with Crippen molar-refractivity contribution in [2.75, 3.05) is 25.2 Å². The summed E-state index contributed by atoms with van der Waals surface area (Å²) in [5.74, 6) is 0.00387. The van der Waals surface area contributed by atoms with Crippen molar-refractivity contribution in [3.05, 3.63) is 24.3 Å². The summed E-state index contributed by atoms with van der Waals surface area (Å²) in [6.07, 6.45) is 6.76. The van der Waals surface area contributed by atoms with Crippen molar-refractivity contribution in [3.8, 4) is 5.75 Å². The maximum Gasteiger partial charge on any atom is 0.257 e. The molecular weight excluding hydrogens is 384 g/mol. The molecule has 1 aromatic carbocycles. The Balaban J connectivity index is 1.56. The largest absolute Gasteiger partial charge is 0.497 e. The van der Waals surface area contributed by atoms with Gasteiger partial charge in [-0.05, 0) is 49.9 Å². The van der Waals surface area contributed by atoms with Crippen LogP contribution in [0.5, 0.6) is 5.75 Å². The fraction of sp³-hybridized carbons (Fsp3) is 0.609. The summed E-state index contributed by atoms with van der Waals surface area (Å²) in [7, 11) is 1.57. The summed E-state index contributed by atoms with van der Waals surface area (Å²) in [4.78, 5) is 42.4. The fourth-order valence-electron chi connectivity index (χ4n) is 4.82. The van der Waals surface area contributed by atoms with E-state index in [4.69, 9.17) is 9.47 Å². The lowest BCUT2D eigenvalue weighted by molar-refractivity contribution is -0.144. The maximum atomic E-state index is 13.4. The first-order chi connectivity index (χ1) is 14.6. The minimum absolute atomic E-state index is 0.00734. The molecule has 0 aromatic heterocycles. The van der Waals surface area contributed by atoms with Crippen molar-refractivity contribution in [3.63, 3.8) is 0 Å². The zero-order valence-electron chi connectivity index (χ0n) is 17.5. The molecule has 0 radical (unpaired) electrons. The minimum atomic E-state index is -0.752. The molecule has 7 heteroatoms. The van der Waals surface area contributed by atoms with Crippen LogP contribution in [0.15, 0.2) is 24.3 Å². The Morgan fingerprint density at radius 3 is 2.47 bits per heavy atom. The van der Waals surface area contributed by atoms with Crippen molar-refractivity contribution in [1.82, 2.24) is 4.90 Å². The third kappa shape index (κ3) is 4.21. The molecule has 3 amide bonds. The topological polar surface area (TPSA) is 76.2 Å². The molecule has 1 saturated carbocycles. The number of nitrogens with zero attached hydrogens (tertiary/aromatic N) is 2. The molecule has 2 aliphatic heterocycles. The number of ether oxygens (including phenoxy) is 2. The molecule has 162 valence electrons. The third-order valence-electron chi connectivity index (χ3n) is 6.49. The van der Waals surface area contributed by atoms with Gasteiger partial charge in [-0.3, -0.25) is 14.4 Å². The lowest BCUT2D eigenvalue weighted by atomic mass is 9.87. The molecule has 2 saturated heterocycles. The van der Waals surface area contributed by atoms with Crippen LogP contribution in [-0.4, -0.2) is 55.0 Å². The van der Waals surface area contributed by atoms with E-state index in [1.807, 2.05) is 0 Å². The second-order valence-electron chi connectivity index (χ2n) is 8.45. The molecule has 0 N–H and O–H groups in total. The van der Waals surface area contributed by atoms with E-state index in [0.717, 1.165) is 44.9 Å². The van der Waals surface area contributed by atoms with Crippen LogP contribution >= 0.6 is 0 Å². The zero-order chi connectivity index (χ0) is 21.1. The number of methoxy groups -OCH3 is 1. The van der Waals surface area contributed by atoms with Gasteiger partial charge in [0.15, 0.2) is 0 Å². The first-order valence-electron chi connectivity index (χ1n) is 11.0. The Labute approximate surface area is 177 Å². The van der Waals surface area contributed by atoms with Crippen LogP contribution in [0.1, 0.15) is 51.4 Å². The summed E-state index contributed by atoms with van der Waals surface area (Å²) in [5, 5.41) is 0. The highest BCUT2D eigenvalue weighted by Gasteiger charge is 2.46. The number of carbonyl (C=O) groups excluding carboxylic acids is 3. The number of hydrogen-bond acceptors (Lipinski definition) is 5. The minimum Gasteiger partial charge on any atom is -0.497 e. The Bertz CT molecular complexity index is 781. The Hall–Kier alpha value is -2.41. The molecule has 2 atom stereocenters. The van der Waals surface area contributed by atoms with Crippen LogP contribution in [0.25, 0.3) is 0 Å². The van der Waals surface area contributed by atoms with Gasteiger partial charge in [0.25, 0.3) is 5.91 Å². The molecule has 3 aliphatic rings. The van der Waals surface area contributed by atoms with Crippen LogP contribution in [0.2, 0.25) is 0 Å². The zero-order valence-corrected chi connectivity index (χ0v) is 17.5. The van der Waals surface area contributed by atoms with Crippen molar-refractivity contribution >= 4 is 23.4 Å². The van der Waals surface area contributed by atoms with Gasteiger partial charge in [0.1, 0.15) is 11.8 Å². The molecule has 1 aliphatic carbocycles. The second-order valence-corrected chi connectivity index (χ2v) is 8.45. The van der Waals surface area contributed by atoms with Crippen molar-refractivity contribution in [1.29, 1.82) is 0 Å². The first kappa shape index (κ1) is 20.8. The van der Waals surface area contributed by atoms with E-state index in [1.165, 1.54) is 4.90 Å². The third-order valence-corrected chi connectivity index (χ3v) is 6.49. The standard InChI is InChI=1S/C23H30N2O5/c1-29-18-11-9-17(10-12-18)25-21(26)14-20(23(25)28)24(15-19-8-5-13-30-19)22(27)16-6-3-2-4-7-16/h9-12,16,19-20H,2-8,13-15H2,1H3. The quantitative estimate of drug-likeness (QED) is 0.669. The molecular formula is C23H30N2O5. The summed E-state index contributed by atoms with van der Waals surface area (Å²) >= 11 is 0. The van der Waals surface area contributed by atoms with E-state index >= 15 is 0 Å². The summed E-state index contributed by atoms with van der Waals surface area (Å²) in [6, 6.07) is 6.09. The Morgan fingerprint density at radius 2 is 1.83 bits per heavy atom. The first-order valence-corrected chi connectivity index (χ1v) is 11.0. The number of hydrogen-bond donors (Lipinski definition) is 0. The van der Waals surface area contributed by atoms with E-state index in [0.29, 0.717) is 24.6 Å². The highest BCUT2D eigenvalue weighted by atomic mass is 16.5. The van der Waals surface area contributed by atoms with Crippen LogP contribution in [0.3, 0.4) is 0 Å². The Kier molecular flexibility index (Phi) is 6.37. The van der Waals surface area contributed by atoms with Gasteiger partial charge < -0.3 is 14.4 Å². The van der Waals surface area contributed by atoms with Crippen LogP contribution in [0.4, 0.5) is 5.69 Å². The normalized spacial score (nSPS) is 25.0. The summed E-state index contributed by atoms with van der Waals surface area (Å²) < 4.78 is 10.9. The number of benzene rings is 1. The van der Waals surface area contributed by atoms with E-state index in [9.17, 15) is 14.4 Å². The molecule has 4 rings (SSSR count). The molecule has 7 nitrogen and oxygen atoms in total. The number of amides is 3. The molecule has 30 heavy (non-hydrogen) atoms. The lowest BCUT2D eigenvalue weighted by Crippen LogP contribution is -2.50. The monoisotopic (exact) mass is 414 g/mol. The van der Waals surface area contributed by atoms with Gasteiger partial charge in [-0.1, -0.05) is 19.3 Å². The van der Waals surface area contributed by atoms with Gasteiger partial charge in [-0.25, -0.2) is 4.90 Å². The SMILES string of the molecule is COc1ccc(N2C(=O)CC(N(CC3CCCO3)C(=O)C3CCCCC3)C2=O)cc1. The highest BCUT2D eigenvalue weighted by Crippen LogP contribution is 2.32. The van der Waals surface area contributed by atoms with Gasteiger partial charge >= 0.3 is 0 Å². The van der Waals surface area contributed by atoms with Gasteiger partial charge in [-0.15, -0.1) is 0 Å².